The maximum absolute atomic E-state index is 12.4. The van der Waals surface area contributed by atoms with E-state index >= 15 is 0 Å². The predicted octanol–water partition coefficient (Wildman–Crippen LogP) is 2.65. The summed E-state index contributed by atoms with van der Waals surface area (Å²) in [7, 11) is 0. The van der Waals surface area contributed by atoms with E-state index in [1.165, 1.54) is 19.3 Å². The van der Waals surface area contributed by atoms with Crippen LogP contribution in [0.4, 0.5) is 4.79 Å². The summed E-state index contributed by atoms with van der Waals surface area (Å²) < 4.78 is 0. The molecule has 7 heteroatoms. The van der Waals surface area contributed by atoms with Gasteiger partial charge in [-0.1, -0.05) is 20.3 Å². The van der Waals surface area contributed by atoms with E-state index in [-0.39, 0.29) is 29.8 Å². The second-order valence-electron chi connectivity index (χ2n) is 9.45. The quantitative estimate of drug-likeness (QED) is 0.452. The first-order valence-corrected chi connectivity index (χ1v) is 10.9. The van der Waals surface area contributed by atoms with Crippen LogP contribution in [0.25, 0.3) is 0 Å². The number of hydrogen-bond acceptors (Lipinski definition) is 3. The van der Waals surface area contributed by atoms with Crippen molar-refractivity contribution in [3.63, 3.8) is 0 Å². The van der Waals surface area contributed by atoms with Crippen molar-refractivity contribution in [3.8, 4) is 0 Å². The number of hydrogen-bond donors (Lipinski definition) is 4. The normalized spacial score (nSPS) is 32.4. The molecule has 2 atom stereocenters. The summed E-state index contributed by atoms with van der Waals surface area (Å²) in [6.45, 7) is 4.13. The lowest BCUT2D eigenvalue weighted by atomic mass is 9.53. The average molecular weight is 394 g/mol. The minimum absolute atomic E-state index is 0.0127. The molecule has 4 bridgehead atoms. The lowest BCUT2D eigenvalue weighted by Crippen LogP contribution is -2.61. The fourth-order valence-corrected chi connectivity index (χ4v) is 5.93. The van der Waals surface area contributed by atoms with Gasteiger partial charge in [-0.3, -0.25) is 4.79 Å². The molecule has 4 rings (SSSR count). The predicted molar refractivity (Wildman–Crippen MR) is 106 cm³/mol. The molecule has 0 aromatic carbocycles. The molecule has 28 heavy (non-hydrogen) atoms. The summed E-state index contributed by atoms with van der Waals surface area (Å²) in [6, 6.07) is -0.991. The van der Waals surface area contributed by atoms with Gasteiger partial charge in [0.05, 0.1) is 0 Å². The Bertz CT molecular complexity index is 571. The molecule has 0 aliphatic heterocycles. The Balaban J connectivity index is 1.35. The lowest BCUT2D eigenvalue weighted by molar-refractivity contribution is -0.143. The first kappa shape index (κ1) is 20.9. The van der Waals surface area contributed by atoms with Crippen LogP contribution in [0.15, 0.2) is 0 Å². The number of rotatable bonds is 9. The van der Waals surface area contributed by atoms with Crippen LogP contribution >= 0.6 is 0 Å². The number of carbonyl (C=O) groups excluding carboxylic acids is 2. The number of urea groups is 1. The second-order valence-corrected chi connectivity index (χ2v) is 9.45. The molecule has 0 saturated heterocycles. The standard InChI is InChI=1S/C21H35N3O4/c1-3-13(2)18(19(26)27)23-17(25)5-4-6-22-20(28)24-21-10-14-7-15(11-21)9-16(8-14)12-21/h13-16,18H,3-12H2,1-2H3,(H,23,25)(H,26,27)(H2,22,24,28)/t13?,14?,15?,16?,18-,21?/m0/s1. The van der Waals surface area contributed by atoms with Crippen LogP contribution in [0.2, 0.25) is 0 Å². The number of nitrogens with one attached hydrogen (secondary N) is 3. The molecule has 158 valence electrons. The van der Waals surface area contributed by atoms with Gasteiger partial charge in [-0.05, 0) is 68.6 Å². The van der Waals surface area contributed by atoms with Crippen molar-refractivity contribution in [3.05, 3.63) is 0 Å². The van der Waals surface area contributed by atoms with Crippen LogP contribution in [0.5, 0.6) is 0 Å². The highest BCUT2D eigenvalue weighted by Gasteiger charge is 2.51. The number of aliphatic carboxylic acids is 1. The van der Waals surface area contributed by atoms with Crippen LogP contribution in [0.1, 0.15) is 71.6 Å². The van der Waals surface area contributed by atoms with E-state index < -0.39 is 12.0 Å². The van der Waals surface area contributed by atoms with Gasteiger partial charge in [-0.2, -0.15) is 0 Å². The van der Waals surface area contributed by atoms with Crippen molar-refractivity contribution < 1.29 is 19.5 Å². The Morgan fingerprint density at radius 2 is 1.64 bits per heavy atom. The Kier molecular flexibility index (Phi) is 6.50. The van der Waals surface area contributed by atoms with Gasteiger partial charge in [0.15, 0.2) is 0 Å². The average Bonchev–Trinajstić information content (AvgIpc) is 2.60. The minimum Gasteiger partial charge on any atom is -0.480 e. The highest BCUT2D eigenvalue weighted by atomic mass is 16.4. The molecule has 4 aliphatic carbocycles. The van der Waals surface area contributed by atoms with Crippen molar-refractivity contribution in [1.82, 2.24) is 16.0 Å². The largest absolute Gasteiger partial charge is 0.480 e. The SMILES string of the molecule is CCC(C)[C@H](NC(=O)CCCNC(=O)NC12CC3CC(CC(C3)C1)C2)C(=O)O. The van der Waals surface area contributed by atoms with Crippen LogP contribution in [-0.2, 0) is 9.59 Å². The van der Waals surface area contributed by atoms with Gasteiger partial charge in [0.1, 0.15) is 6.04 Å². The Morgan fingerprint density at radius 3 is 2.14 bits per heavy atom. The summed E-state index contributed by atoms with van der Waals surface area (Å²) in [5, 5.41) is 18.0. The molecule has 0 spiro atoms. The molecule has 4 saturated carbocycles. The summed E-state index contributed by atoms with van der Waals surface area (Å²) in [5.41, 5.74) is -0.0127. The molecule has 1 unspecified atom stereocenters. The molecule has 4 N–H and O–H groups in total. The summed E-state index contributed by atoms with van der Waals surface area (Å²) >= 11 is 0. The number of carboxylic acid groups (broad SMARTS) is 1. The maximum atomic E-state index is 12.4. The Labute approximate surface area is 167 Å². The highest BCUT2D eigenvalue weighted by Crippen LogP contribution is 2.55. The van der Waals surface area contributed by atoms with Gasteiger partial charge in [-0.15, -0.1) is 0 Å². The summed E-state index contributed by atoms with van der Waals surface area (Å²) in [6.07, 6.45) is 8.74. The third kappa shape index (κ3) is 4.97. The molecule has 4 fully saturated rings. The monoisotopic (exact) mass is 393 g/mol. The second kappa shape index (κ2) is 8.70. The van der Waals surface area contributed by atoms with E-state index in [9.17, 15) is 19.5 Å². The van der Waals surface area contributed by atoms with Crippen LogP contribution in [0, 0.1) is 23.7 Å². The zero-order chi connectivity index (χ0) is 20.3. The van der Waals surface area contributed by atoms with Crippen molar-refractivity contribution in [2.24, 2.45) is 23.7 Å². The fourth-order valence-electron chi connectivity index (χ4n) is 5.93. The van der Waals surface area contributed by atoms with E-state index in [1.807, 2.05) is 13.8 Å². The minimum atomic E-state index is -1.00. The summed E-state index contributed by atoms with van der Waals surface area (Å²) in [4.78, 5) is 35.7. The molecule has 3 amide bonds. The highest BCUT2D eigenvalue weighted by molar-refractivity contribution is 5.83. The third-order valence-electron chi connectivity index (χ3n) is 7.08. The zero-order valence-electron chi connectivity index (χ0n) is 17.1. The third-order valence-corrected chi connectivity index (χ3v) is 7.08. The number of carboxylic acids is 1. The first-order valence-electron chi connectivity index (χ1n) is 10.9. The van der Waals surface area contributed by atoms with E-state index in [2.05, 4.69) is 16.0 Å². The lowest BCUT2D eigenvalue weighted by Gasteiger charge is -2.56. The topological polar surface area (TPSA) is 108 Å². The van der Waals surface area contributed by atoms with Gasteiger partial charge >= 0.3 is 12.0 Å². The van der Waals surface area contributed by atoms with Gasteiger partial charge in [-0.25, -0.2) is 9.59 Å². The number of carbonyl (C=O) groups is 3. The molecule has 0 aromatic heterocycles. The van der Waals surface area contributed by atoms with E-state index in [0.29, 0.717) is 19.4 Å². The smallest absolute Gasteiger partial charge is 0.326 e. The van der Waals surface area contributed by atoms with Crippen molar-refractivity contribution >= 4 is 17.9 Å². The molecule has 0 heterocycles. The number of amides is 3. The van der Waals surface area contributed by atoms with Crippen LogP contribution in [0.3, 0.4) is 0 Å². The molecule has 4 aliphatic rings. The van der Waals surface area contributed by atoms with Crippen molar-refractivity contribution in [2.45, 2.75) is 83.2 Å². The Morgan fingerprint density at radius 1 is 1.07 bits per heavy atom. The van der Waals surface area contributed by atoms with E-state index in [0.717, 1.165) is 37.0 Å². The maximum Gasteiger partial charge on any atom is 0.326 e. The van der Waals surface area contributed by atoms with Gasteiger partial charge < -0.3 is 21.1 Å². The molecule has 0 aromatic rings. The van der Waals surface area contributed by atoms with Crippen molar-refractivity contribution in [2.75, 3.05) is 6.54 Å². The van der Waals surface area contributed by atoms with Gasteiger partial charge in [0.25, 0.3) is 0 Å². The van der Waals surface area contributed by atoms with E-state index in [4.69, 9.17) is 0 Å². The molecular weight excluding hydrogens is 358 g/mol. The van der Waals surface area contributed by atoms with E-state index in [1.54, 1.807) is 0 Å². The zero-order valence-corrected chi connectivity index (χ0v) is 17.1. The summed E-state index contributed by atoms with van der Waals surface area (Å²) in [5.74, 6) is 0.936. The fraction of sp³-hybridized carbons (Fsp3) is 0.857. The van der Waals surface area contributed by atoms with Crippen LogP contribution in [-0.4, -0.2) is 41.1 Å². The molecular formula is C21H35N3O4. The van der Waals surface area contributed by atoms with Gasteiger partial charge in [0.2, 0.25) is 5.91 Å². The van der Waals surface area contributed by atoms with Gasteiger partial charge in [0, 0.05) is 18.5 Å². The van der Waals surface area contributed by atoms with Crippen molar-refractivity contribution in [1.29, 1.82) is 0 Å². The first-order chi connectivity index (χ1) is 13.3. The molecule has 7 nitrogen and oxygen atoms in total. The Hall–Kier alpha value is -1.79. The molecule has 0 radical (unpaired) electrons. The van der Waals surface area contributed by atoms with Crippen LogP contribution < -0.4 is 16.0 Å².